The van der Waals surface area contributed by atoms with Crippen molar-refractivity contribution < 1.29 is 4.79 Å². The van der Waals surface area contributed by atoms with Gasteiger partial charge in [0.15, 0.2) is 0 Å². The second kappa shape index (κ2) is 7.43. The van der Waals surface area contributed by atoms with E-state index in [4.69, 9.17) is 0 Å². The van der Waals surface area contributed by atoms with E-state index in [2.05, 4.69) is 16.9 Å². The van der Waals surface area contributed by atoms with Gasteiger partial charge in [0, 0.05) is 30.8 Å². The fourth-order valence-corrected chi connectivity index (χ4v) is 1.48. The Balaban J connectivity index is 2.29. The molecule has 0 aromatic carbocycles. The Hall–Kier alpha value is -1.90. The van der Waals surface area contributed by atoms with E-state index in [0.717, 1.165) is 23.4 Å². The lowest BCUT2D eigenvalue weighted by Gasteiger charge is -2.04. The van der Waals surface area contributed by atoms with Gasteiger partial charge in [0.1, 0.15) is 0 Å². The van der Waals surface area contributed by atoms with E-state index < -0.39 is 0 Å². The smallest absolute Gasteiger partial charge is 0.223 e. The molecule has 0 saturated heterocycles. The first-order chi connectivity index (χ1) is 8.61. The van der Waals surface area contributed by atoms with Crippen molar-refractivity contribution in [2.75, 3.05) is 6.54 Å². The summed E-state index contributed by atoms with van der Waals surface area (Å²) in [6, 6.07) is 5.92. The molecular weight excluding hydrogens is 224 g/mol. The van der Waals surface area contributed by atoms with Crippen molar-refractivity contribution in [3.63, 3.8) is 0 Å². The van der Waals surface area contributed by atoms with Crippen LogP contribution in [0.25, 0.3) is 0 Å². The second-order valence-corrected chi connectivity index (χ2v) is 4.23. The van der Waals surface area contributed by atoms with Gasteiger partial charge in [-0.05, 0) is 26.0 Å². The summed E-state index contributed by atoms with van der Waals surface area (Å²) in [5.74, 6) is 0.0313. The Morgan fingerprint density at radius 2 is 2.28 bits per heavy atom. The van der Waals surface area contributed by atoms with E-state index in [1.807, 2.05) is 38.1 Å². The molecule has 0 aliphatic rings. The molecule has 0 spiro atoms. The molecule has 1 aromatic rings. The predicted molar refractivity (Wildman–Crippen MR) is 74.3 cm³/mol. The topological polar surface area (TPSA) is 42.0 Å². The van der Waals surface area contributed by atoms with Crippen molar-refractivity contribution in [3.05, 3.63) is 53.9 Å². The minimum Gasteiger partial charge on any atom is -0.355 e. The maximum absolute atomic E-state index is 11.5. The van der Waals surface area contributed by atoms with Crippen molar-refractivity contribution in [1.29, 1.82) is 0 Å². The van der Waals surface area contributed by atoms with Gasteiger partial charge in [0.25, 0.3) is 0 Å². The van der Waals surface area contributed by atoms with Crippen LogP contribution in [-0.2, 0) is 11.2 Å². The standard InChI is InChI=1S/C15H20N2O/c1-4-12(2)8-9-15(18)16-11-10-14-7-5-6-13(3)17-14/h4-8H,1,9-11H2,2-3H3,(H,16,18)/b12-8+. The van der Waals surface area contributed by atoms with Gasteiger partial charge >= 0.3 is 0 Å². The van der Waals surface area contributed by atoms with Gasteiger partial charge < -0.3 is 5.32 Å². The molecule has 3 nitrogen and oxygen atoms in total. The van der Waals surface area contributed by atoms with Crippen LogP contribution in [0.5, 0.6) is 0 Å². The summed E-state index contributed by atoms with van der Waals surface area (Å²) in [4.78, 5) is 15.9. The SMILES string of the molecule is C=C/C(C)=C/CC(=O)NCCc1cccc(C)n1. The van der Waals surface area contributed by atoms with E-state index >= 15 is 0 Å². The van der Waals surface area contributed by atoms with Gasteiger partial charge in [0.2, 0.25) is 5.91 Å². The zero-order chi connectivity index (χ0) is 13.4. The predicted octanol–water partition coefficient (Wildman–Crippen LogP) is 2.57. The molecule has 1 aromatic heterocycles. The maximum atomic E-state index is 11.5. The van der Waals surface area contributed by atoms with Crippen molar-refractivity contribution in [3.8, 4) is 0 Å². The first-order valence-electron chi connectivity index (χ1n) is 6.10. The number of nitrogens with zero attached hydrogens (tertiary/aromatic N) is 1. The number of nitrogens with one attached hydrogen (secondary N) is 1. The third-order valence-corrected chi connectivity index (χ3v) is 2.58. The van der Waals surface area contributed by atoms with Crippen LogP contribution in [0.4, 0.5) is 0 Å². The number of carbonyl (C=O) groups excluding carboxylic acids is 1. The third-order valence-electron chi connectivity index (χ3n) is 2.58. The minimum atomic E-state index is 0.0313. The van der Waals surface area contributed by atoms with Crippen LogP contribution in [0.2, 0.25) is 0 Å². The Morgan fingerprint density at radius 3 is 2.94 bits per heavy atom. The normalized spacial score (nSPS) is 11.1. The van der Waals surface area contributed by atoms with Gasteiger partial charge in [-0.15, -0.1) is 0 Å². The third kappa shape index (κ3) is 5.43. The van der Waals surface area contributed by atoms with E-state index in [0.29, 0.717) is 13.0 Å². The van der Waals surface area contributed by atoms with Crippen molar-refractivity contribution in [2.45, 2.75) is 26.7 Å². The molecule has 0 aliphatic heterocycles. The van der Waals surface area contributed by atoms with Crippen molar-refractivity contribution in [2.24, 2.45) is 0 Å². The molecular formula is C15H20N2O. The van der Waals surface area contributed by atoms with Crippen molar-refractivity contribution in [1.82, 2.24) is 10.3 Å². The molecule has 0 saturated carbocycles. The highest BCUT2D eigenvalue weighted by molar-refractivity contribution is 5.77. The quantitative estimate of drug-likeness (QED) is 0.781. The molecule has 0 atom stereocenters. The maximum Gasteiger partial charge on any atom is 0.223 e. The summed E-state index contributed by atoms with van der Waals surface area (Å²) in [6.45, 7) is 8.15. The lowest BCUT2D eigenvalue weighted by molar-refractivity contribution is -0.120. The van der Waals surface area contributed by atoms with Gasteiger partial charge in [-0.1, -0.05) is 30.4 Å². The number of hydrogen-bond acceptors (Lipinski definition) is 2. The Morgan fingerprint density at radius 1 is 1.50 bits per heavy atom. The van der Waals surface area contributed by atoms with Gasteiger partial charge in [-0.2, -0.15) is 0 Å². The van der Waals surface area contributed by atoms with Crippen LogP contribution < -0.4 is 5.32 Å². The number of aromatic nitrogens is 1. The van der Waals surface area contributed by atoms with E-state index in [-0.39, 0.29) is 5.91 Å². The zero-order valence-electron chi connectivity index (χ0n) is 11.1. The highest BCUT2D eigenvalue weighted by Crippen LogP contribution is 1.99. The molecule has 1 heterocycles. The molecule has 18 heavy (non-hydrogen) atoms. The summed E-state index contributed by atoms with van der Waals surface area (Å²) >= 11 is 0. The molecule has 1 rings (SSSR count). The Bertz CT molecular complexity index is 450. The number of hydrogen-bond donors (Lipinski definition) is 1. The lowest BCUT2D eigenvalue weighted by Crippen LogP contribution is -2.25. The molecule has 96 valence electrons. The number of aryl methyl sites for hydroxylation is 1. The average Bonchev–Trinajstić information content (AvgIpc) is 2.36. The van der Waals surface area contributed by atoms with Gasteiger partial charge in [-0.3, -0.25) is 9.78 Å². The first kappa shape index (κ1) is 14.2. The first-order valence-corrected chi connectivity index (χ1v) is 6.10. The largest absolute Gasteiger partial charge is 0.355 e. The number of rotatable bonds is 6. The Labute approximate surface area is 109 Å². The summed E-state index contributed by atoms with van der Waals surface area (Å²) < 4.78 is 0. The molecule has 0 fully saturated rings. The number of amides is 1. The van der Waals surface area contributed by atoms with E-state index in [9.17, 15) is 4.79 Å². The molecule has 0 aliphatic carbocycles. The van der Waals surface area contributed by atoms with Gasteiger partial charge in [0.05, 0.1) is 0 Å². The number of allylic oxidation sites excluding steroid dienone is 2. The summed E-state index contributed by atoms with van der Waals surface area (Å²) in [7, 11) is 0. The summed E-state index contributed by atoms with van der Waals surface area (Å²) in [5, 5.41) is 2.87. The van der Waals surface area contributed by atoms with Gasteiger partial charge in [-0.25, -0.2) is 0 Å². The second-order valence-electron chi connectivity index (χ2n) is 4.23. The fraction of sp³-hybridized carbons (Fsp3) is 0.333. The van der Waals surface area contributed by atoms with Crippen molar-refractivity contribution >= 4 is 5.91 Å². The highest BCUT2D eigenvalue weighted by Gasteiger charge is 1.99. The van der Waals surface area contributed by atoms with Crippen LogP contribution in [-0.4, -0.2) is 17.4 Å². The highest BCUT2D eigenvalue weighted by atomic mass is 16.1. The lowest BCUT2D eigenvalue weighted by atomic mass is 10.2. The molecule has 0 unspecified atom stereocenters. The van der Waals surface area contributed by atoms with Crippen LogP contribution >= 0.6 is 0 Å². The molecule has 0 radical (unpaired) electrons. The van der Waals surface area contributed by atoms with Crippen LogP contribution in [0.1, 0.15) is 24.7 Å². The van der Waals surface area contributed by atoms with Crippen LogP contribution in [0.15, 0.2) is 42.5 Å². The number of pyridine rings is 1. The molecule has 1 N–H and O–H groups in total. The monoisotopic (exact) mass is 244 g/mol. The molecule has 1 amide bonds. The Kier molecular flexibility index (Phi) is 5.85. The fourth-order valence-electron chi connectivity index (χ4n) is 1.48. The van der Waals surface area contributed by atoms with E-state index in [1.165, 1.54) is 0 Å². The summed E-state index contributed by atoms with van der Waals surface area (Å²) in [5.41, 5.74) is 3.03. The van der Waals surface area contributed by atoms with Crippen LogP contribution in [0, 0.1) is 6.92 Å². The van der Waals surface area contributed by atoms with Crippen LogP contribution in [0.3, 0.4) is 0 Å². The summed E-state index contributed by atoms with van der Waals surface area (Å²) in [6.07, 6.45) is 4.77. The number of carbonyl (C=O) groups is 1. The van der Waals surface area contributed by atoms with E-state index in [1.54, 1.807) is 6.08 Å². The molecule has 0 bridgehead atoms. The molecule has 3 heteroatoms. The average molecular weight is 244 g/mol. The minimum absolute atomic E-state index is 0.0313. The zero-order valence-corrected chi connectivity index (χ0v) is 11.1.